The number of nitrogens with zero attached hydrogens (tertiary/aromatic N) is 3. The van der Waals surface area contributed by atoms with Crippen LogP contribution in [0.25, 0.3) is 0 Å². The van der Waals surface area contributed by atoms with Gasteiger partial charge in [0.25, 0.3) is 5.91 Å². The van der Waals surface area contributed by atoms with Gasteiger partial charge in [-0.1, -0.05) is 25.4 Å². The number of aromatic nitrogens is 1. The highest BCUT2D eigenvalue weighted by molar-refractivity contribution is 7.16. The lowest BCUT2D eigenvalue weighted by atomic mass is 10.1. The van der Waals surface area contributed by atoms with Gasteiger partial charge in [-0.15, -0.1) is 11.3 Å². The molecule has 26 heavy (non-hydrogen) atoms. The number of halogens is 1. The van der Waals surface area contributed by atoms with Gasteiger partial charge in [0.15, 0.2) is 4.47 Å². The predicted molar refractivity (Wildman–Crippen MR) is 107 cm³/mol. The summed E-state index contributed by atoms with van der Waals surface area (Å²) in [6.07, 6.45) is 0.831. The smallest absolute Gasteiger partial charge is 0.273 e. The zero-order valence-electron chi connectivity index (χ0n) is 15.4. The summed E-state index contributed by atoms with van der Waals surface area (Å²) < 4.78 is 5.65. The summed E-state index contributed by atoms with van der Waals surface area (Å²) in [5, 5.41) is 0. The van der Waals surface area contributed by atoms with E-state index in [-0.39, 0.29) is 5.91 Å². The van der Waals surface area contributed by atoms with E-state index in [1.807, 2.05) is 17.0 Å². The second-order valence-electron chi connectivity index (χ2n) is 6.81. The van der Waals surface area contributed by atoms with Gasteiger partial charge in [-0.25, -0.2) is 4.98 Å². The molecular formula is C19H24ClN3O2S. The van der Waals surface area contributed by atoms with Gasteiger partial charge in [0.1, 0.15) is 11.4 Å². The average molecular weight is 394 g/mol. The number of ether oxygens (including phenoxy) is 1. The Bertz CT molecular complexity index is 753. The minimum Gasteiger partial charge on any atom is -0.497 e. The molecular weight excluding hydrogens is 370 g/mol. The van der Waals surface area contributed by atoms with Crippen molar-refractivity contribution < 1.29 is 9.53 Å². The SMILES string of the molecule is COc1ccc(N2CCN(C(=O)c3nc(Cl)sc3CC(C)C)CC2)cc1. The normalized spacial score (nSPS) is 14.8. The van der Waals surface area contributed by atoms with Gasteiger partial charge in [0.2, 0.25) is 0 Å². The molecule has 7 heteroatoms. The molecule has 5 nitrogen and oxygen atoms in total. The van der Waals surface area contributed by atoms with Crippen LogP contribution in [0.15, 0.2) is 24.3 Å². The molecule has 1 aliphatic rings. The summed E-state index contributed by atoms with van der Waals surface area (Å²) >= 11 is 7.50. The topological polar surface area (TPSA) is 45.7 Å². The van der Waals surface area contributed by atoms with Crippen molar-refractivity contribution in [2.45, 2.75) is 20.3 Å². The molecule has 1 aromatic heterocycles. The lowest BCUT2D eigenvalue weighted by molar-refractivity contribution is 0.0740. The van der Waals surface area contributed by atoms with Crippen molar-refractivity contribution in [2.75, 3.05) is 38.2 Å². The fraction of sp³-hybridized carbons (Fsp3) is 0.474. The summed E-state index contributed by atoms with van der Waals surface area (Å²) in [6, 6.07) is 8.03. The Morgan fingerprint density at radius 3 is 2.46 bits per heavy atom. The van der Waals surface area contributed by atoms with Crippen LogP contribution in [0.2, 0.25) is 4.47 Å². The number of carbonyl (C=O) groups is 1. The quantitative estimate of drug-likeness (QED) is 0.771. The molecule has 1 aliphatic heterocycles. The molecule has 1 fully saturated rings. The second-order valence-corrected chi connectivity index (χ2v) is 8.48. The van der Waals surface area contributed by atoms with Gasteiger partial charge in [0, 0.05) is 36.7 Å². The average Bonchev–Trinajstić information content (AvgIpc) is 3.01. The molecule has 0 radical (unpaired) electrons. The van der Waals surface area contributed by atoms with Crippen LogP contribution >= 0.6 is 22.9 Å². The van der Waals surface area contributed by atoms with E-state index in [9.17, 15) is 4.79 Å². The van der Waals surface area contributed by atoms with Crippen molar-refractivity contribution in [3.63, 3.8) is 0 Å². The number of carbonyl (C=O) groups excluding carboxylic acids is 1. The van der Waals surface area contributed by atoms with Crippen molar-refractivity contribution in [2.24, 2.45) is 5.92 Å². The van der Waals surface area contributed by atoms with E-state index >= 15 is 0 Å². The molecule has 0 aliphatic carbocycles. The van der Waals surface area contributed by atoms with Gasteiger partial charge in [0.05, 0.1) is 7.11 Å². The first-order chi connectivity index (χ1) is 12.5. The first-order valence-corrected chi connectivity index (χ1v) is 10.0. The summed E-state index contributed by atoms with van der Waals surface area (Å²) in [4.78, 5) is 22.4. The first kappa shape index (κ1) is 19.0. The monoisotopic (exact) mass is 393 g/mol. The lowest BCUT2D eigenvalue weighted by Gasteiger charge is -2.36. The number of anilines is 1. The molecule has 2 heterocycles. The number of benzene rings is 1. The van der Waals surface area contributed by atoms with E-state index in [1.54, 1.807) is 7.11 Å². The molecule has 0 spiro atoms. The van der Waals surface area contributed by atoms with Crippen LogP contribution in [-0.2, 0) is 6.42 Å². The van der Waals surface area contributed by atoms with Crippen LogP contribution in [0, 0.1) is 5.92 Å². The molecule has 2 aromatic rings. The second kappa shape index (κ2) is 8.27. The molecule has 140 valence electrons. The van der Waals surface area contributed by atoms with Crippen LogP contribution < -0.4 is 9.64 Å². The Labute approximate surface area is 163 Å². The number of rotatable bonds is 5. The maximum absolute atomic E-state index is 12.9. The summed E-state index contributed by atoms with van der Waals surface area (Å²) in [5.74, 6) is 1.31. The largest absolute Gasteiger partial charge is 0.497 e. The molecule has 1 aromatic carbocycles. The van der Waals surface area contributed by atoms with Crippen molar-refractivity contribution in [3.05, 3.63) is 39.3 Å². The number of amides is 1. The van der Waals surface area contributed by atoms with E-state index in [0.717, 1.165) is 35.8 Å². The number of piperazine rings is 1. The fourth-order valence-corrected chi connectivity index (χ4v) is 4.46. The molecule has 1 saturated heterocycles. The van der Waals surface area contributed by atoms with Crippen molar-refractivity contribution >= 4 is 34.5 Å². The Hall–Kier alpha value is -1.79. The van der Waals surface area contributed by atoms with Crippen LogP contribution in [0.1, 0.15) is 29.2 Å². The van der Waals surface area contributed by atoms with Gasteiger partial charge in [-0.3, -0.25) is 4.79 Å². The Balaban J connectivity index is 1.65. The minimum absolute atomic E-state index is 0.00168. The summed E-state index contributed by atoms with van der Waals surface area (Å²) in [6.45, 7) is 7.23. The number of methoxy groups -OCH3 is 1. The van der Waals surface area contributed by atoms with Gasteiger partial charge < -0.3 is 14.5 Å². The van der Waals surface area contributed by atoms with E-state index in [2.05, 4.69) is 35.9 Å². The predicted octanol–water partition coefficient (Wildman–Crippen LogP) is 3.97. The molecule has 0 bridgehead atoms. The maximum Gasteiger partial charge on any atom is 0.273 e. The Morgan fingerprint density at radius 2 is 1.88 bits per heavy atom. The fourth-order valence-electron chi connectivity index (χ4n) is 3.11. The van der Waals surface area contributed by atoms with Crippen LogP contribution in [0.3, 0.4) is 0 Å². The zero-order chi connectivity index (χ0) is 18.7. The van der Waals surface area contributed by atoms with Gasteiger partial charge in [-0.2, -0.15) is 0 Å². The third-order valence-corrected chi connectivity index (χ3v) is 5.65. The first-order valence-electron chi connectivity index (χ1n) is 8.81. The molecule has 0 unspecified atom stereocenters. The minimum atomic E-state index is -0.00168. The lowest BCUT2D eigenvalue weighted by Crippen LogP contribution is -2.49. The van der Waals surface area contributed by atoms with Crippen LogP contribution in [0.4, 0.5) is 5.69 Å². The van der Waals surface area contributed by atoms with E-state index < -0.39 is 0 Å². The van der Waals surface area contributed by atoms with Crippen molar-refractivity contribution in [1.29, 1.82) is 0 Å². The van der Waals surface area contributed by atoms with Crippen LogP contribution in [0.5, 0.6) is 5.75 Å². The highest BCUT2D eigenvalue weighted by atomic mass is 35.5. The molecule has 0 saturated carbocycles. The number of thiazole rings is 1. The van der Waals surface area contributed by atoms with Gasteiger partial charge in [-0.05, 0) is 36.6 Å². The number of hydrogen-bond donors (Lipinski definition) is 0. The van der Waals surface area contributed by atoms with Gasteiger partial charge >= 0.3 is 0 Å². The maximum atomic E-state index is 12.9. The Kier molecular flexibility index (Phi) is 6.04. The van der Waals surface area contributed by atoms with E-state index in [4.69, 9.17) is 16.3 Å². The van der Waals surface area contributed by atoms with E-state index in [0.29, 0.717) is 29.2 Å². The highest BCUT2D eigenvalue weighted by Gasteiger charge is 2.27. The van der Waals surface area contributed by atoms with Crippen molar-refractivity contribution in [3.8, 4) is 5.75 Å². The molecule has 0 atom stereocenters. The summed E-state index contributed by atoms with van der Waals surface area (Å²) in [5.41, 5.74) is 1.68. The number of hydrogen-bond acceptors (Lipinski definition) is 5. The highest BCUT2D eigenvalue weighted by Crippen LogP contribution is 2.27. The third kappa shape index (κ3) is 4.30. The molecule has 0 N–H and O–H groups in total. The van der Waals surface area contributed by atoms with Crippen molar-refractivity contribution in [1.82, 2.24) is 9.88 Å². The van der Waals surface area contributed by atoms with E-state index in [1.165, 1.54) is 11.3 Å². The molecule has 3 rings (SSSR count). The zero-order valence-corrected chi connectivity index (χ0v) is 16.9. The molecule has 1 amide bonds. The standard InChI is InChI=1S/C19H24ClN3O2S/c1-13(2)12-16-17(21-19(20)26-16)18(24)23-10-8-22(9-11-23)14-4-6-15(25-3)7-5-14/h4-7,13H,8-12H2,1-3H3. The third-order valence-electron chi connectivity index (χ3n) is 4.47. The van der Waals surface area contributed by atoms with Crippen LogP contribution in [-0.4, -0.2) is 49.1 Å². The Morgan fingerprint density at radius 1 is 1.23 bits per heavy atom. The summed E-state index contributed by atoms with van der Waals surface area (Å²) in [7, 11) is 1.66.